The molecule has 0 radical (unpaired) electrons. The molecule has 172 valence electrons. The van der Waals surface area contributed by atoms with Crippen molar-refractivity contribution in [3.63, 3.8) is 0 Å². The van der Waals surface area contributed by atoms with Crippen LogP contribution in [0.25, 0.3) is 0 Å². The van der Waals surface area contributed by atoms with Crippen LogP contribution in [0.5, 0.6) is 0 Å². The molecular weight excluding hydrogens is 432 g/mol. The van der Waals surface area contributed by atoms with E-state index in [0.29, 0.717) is 51.0 Å². The van der Waals surface area contributed by atoms with Gasteiger partial charge in [0.2, 0.25) is 11.8 Å². The fraction of sp³-hybridized carbons (Fsp3) is 0.591. The minimum Gasteiger partial charge on any atom is -0.322 e. The lowest BCUT2D eigenvalue weighted by atomic mass is 9.87. The molecule has 0 bridgehead atoms. The van der Waals surface area contributed by atoms with Crippen molar-refractivity contribution in [1.82, 2.24) is 20.4 Å². The van der Waals surface area contributed by atoms with Crippen molar-refractivity contribution in [1.29, 1.82) is 0 Å². The molecule has 2 atom stereocenters. The van der Waals surface area contributed by atoms with Crippen LogP contribution < -0.4 is 10.6 Å². The quantitative estimate of drug-likeness (QED) is 0.598. The maximum Gasteiger partial charge on any atom is 0.255 e. The first kappa shape index (κ1) is 21.5. The van der Waals surface area contributed by atoms with Gasteiger partial charge in [-0.2, -0.15) is 0 Å². The number of imide groups is 1. The lowest BCUT2D eigenvalue weighted by molar-refractivity contribution is -0.136. The molecule has 3 saturated heterocycles. The Bertz CT molecular complexity index is 1100. The largest absolute Gasteiger partial charge is 0.322 e. The maximum atomic E-state index is 13.1. The molecule has 4 heterocycles. The monoisotopic (exact) mass is 460 g/mol. The Labute approximate surface area is 187 Å². The molecule has 4 aliphatic rings. The predicted octanol–water partition coefficient (Wildman–Crippen LogP) is -0.201. The van der Waals surface area contributed by atoms with Gasteiger partial charge in [-0.15, -0.1) is 0 Å². The minimum absolute atomic E-state index is 0.0291. The standard InChI is InChI=1S/C22H28N4O5S/c1-25(18-13-32(30,31)22(18)6-8-23-9-7-22)11-14-2-3-15-12-26(21(29)16(15)10-14)17-4-5-19(27)24-20(17)28/h2-3,10,17-18,23H,4-9,11-13H2,1H3,(H,24,27,28). The zero-order valence-electron chi connectivity index (χ0n) is 18.1. The van der Waals surface area contributed by atoms with Gasteiger partial charge in [-0.25, -0.2) is 8.42 Å². The summed E-state index contributed by atoms with van der Waals surface area (Å²) in [5.74, 6) is -0.734. The number of hydrogen-bond donors (Lipinski definition) is 2. The summed E-state index contributed by atoms with van der Waals surface area (Å²) in [5, 5.41) is 5.57. The second-order valence-corrected chi connectivity index (χ2v) is 11.8. The lowest BCUT2D eigenvalue weighted by Gasteiger charge is -2.54. The first-order valence-corrected chi connectivity index (χ1v) is 12.8. The number of hydrogen-bond acceptors (Lipinski definition) is 7. The van der Waals surface area contributed by atoms with E-state index in [1.807, 2.05) is 25.2 Å². The van der Waals surface area contributed by atoms with Gasteiger partial charge in [0.1, 0.15) is 6.04 Å². The van der Waals surface area contributed by atoms with Crippen LogP contribution in [0.3, 0.4) is 0 Å². The number of carbonyl (C=O) groups is 3. The highest BCUT2D eigenvalue weighted by Crippen LogP contribution is 2.44. The van der Waals surface area contributed by atoms with Crippen molar-refractivity contribution >= 4 is 27.6 Å². The van der Waals surface area contributed by atoms with E-state index in [1.54, 1.807) is 4.90 Å². The molecule has 1 spiro atoms. The van der Waals surface area contributed by atoms with Gasteiger partial charge in [0.15, 0.2) is 9.84 Å². The van der Waals surface area contributed by atoms with E-state index in [2.05, 4.69) is 15.5 Å². The summed E-state index contributed by atoms with van der Waals surface area (Å²) in [5.41, 5.74) is 2.39. The molecule has 32 heavy (non-hydrogen) atoms. The van der Waals surface area contributed by atoms with Crippen LogP contribution >= 0.6 is 0 Å². The number of amides is 3. The molecule has 2 N–H and O–H groups in total. The number of sulfone groups is 1. The van der Waals surface area contributed by atoms with Crippen molar-refractivity contribution in [2.24, 2.45) is 0 Å². The SMILES string of the molecule is CN(Cc1ccc2c(c1)C(=O)N(C1CCC(=O)NC1=O)C2)C1CS(=O)(=O)C12CCNCC2. The molecular formula is C22H28N4O5S. The summed E-state index contributed by atoms with van der Waals surface area (Å²) in [6, 6.07) is 5.10. The van der Waals surface area contributed by atoms with Crippen LogP contribution in [0.4, 0.5) is 0 Å². The molecule has 1 aromatic rings. The van der Waals surface area contributed by atoms with Crippen molar-refractivity contribution in [2.75, 3.05) is 25.9 Å². The third-order valence-electron chi connectivity index (χ3n) is 7.61. The van der Waals surface area contributed by atoms with Gasteiger partial charge in [-0.1, -0.05) is 12.1 Å². The highest BCUT2D eigenvalue weighted by atomic mass is 32.2. The predicted molar refractivity (Wildman–Crippen MR) is 116 cm³/mol. The average Bonchev–Trinajstić information content (AvgIpc) is 3.08. The van der Waals surface area contributed by atoms with Gasteiger partial charge in [0.05, 0.1) is 10.5 Å². The molecule has 10 heteroatoms. The number of rotatable bonds is 4. The van der Waals surface area contributed by atoms with E-state index in [4.69, 9.17) is 0 Å². The topological polar surface area (TPSA) is 116 Å². The normalized spacial score (nSPS) is 28.6. The molecule has 9 nitrogen and oxygen atoms in total. The smallest absolute Gasteiger partial charge is 0.255 e. The van der Waals surface area contributed by atoms with Crippen LogP contribution in [0.15, 0.2) is 18.2 Å². The van der Waals surface area contributed by atoms with E-state index in [1.165, 1.54) is 0 Å². The Morgan fingerprint density at radius 2 is 1.94 bits per heavy atom. The molecule has 5 rings (SSSR count). The Kier molecular flexibility index (Phi) is 5.14. The van der Waals surface area contributed by atoms with E-state index in [9.17, 15) is 22.8 Å². The first-order valence-electron chi connectivity index (χ1n) is 11.1. The number of nitrogens with one attached hydrogen (secondary N) is 2. The molecule has 0 aromatic heterocycles. The van der Waals surface area contributed by atoms with E-state index in [0.717, 1.165) is 11.1 Å². The Morgan fingerprint density at radius 3 is 2.62 bits per heavy atom. The fourth-order valence-corrected chi connectivity index (χ4v) is 8.28. The molecule has 2 unspecified atom stereocenters. The summed E-state index contributed by atoms with van der Waals surface area (Å²) in [6.45, 7) is 2.34. The first-order chi connectivity index (χ1) is 15.2. The lowest BCUT2D eigenvalue weighted by Crippen LogP contribution is -2.71. The second kappa shape index (κ2) is 7.64. The van der Waals surface area contributed by atoms with Crippen LogP contribution in [0.1, 0.15) is 47.2 Å². The summed E-state index contributed by atoms with van der Waals surface area (Å²) in [4.78, 5) is 40.4. The van der Waals surface area contributed by atoms with Crippen molar-refractivity contribution in [2.45, 2.75) is 55.6 Å². The Hall–Kier alpha value is -2.30. The number of piperidine rings is 2. The van der Waals surface area contributed by atoms with Gasteiger partial charge < -0.3 is 10.2 Å². The third kappa shape index (κ3) is 3.27. The highest BCUT2D eigenvalue weighted by molar-refractivity contribution is 7.94. The summed E-state index contributed by atoms with van der Waals surface area (Å²) in [7, 11) is -1.13. The fourth-order valence-electron chi connectivity index (χ4n) is 5.75. The second-order valence-electron chi connectivity index (χ2n) is 9.42. The van der Waals surface area contributed by atoms with E-state index in [-0.39, 0.29) is 30.0 Å². The Morgan fingerprint density at radius 1 is 1.19 bits per heavy atom. The summed E-state index contributed by atoms with van der Waals surface area (Å²) in [6.07, 6.45) is 1.84. The zero-order valence-corrected chi connectivity index (χ0v) is 18.9. The van der Waals surface area contributed by atoms with Gasteiger partial charge >= 0.3 is 0 Å². The van der Waals surface area contributed by atoms with Crippen molar-refractivity contribution in [3.8, 4) is 0 Å². The summed E-state index contributed by atoms with van der Waals surface area (Å²) >= 11 is 0. The van der Waals surface area contributed by atoms with Gasteiger partial charge in [-0.3, -0.25) is 24.6 Å². The summed E-state index contributed by atoms with van der Waals surface area (Å²) < 4.78 is 24.6. The molecule has 0 saturated carbocycles. The molecule has 3 fully saturated rings. The minimum atomic E-state index is -3.08. The number of fused-ring (bicyclic) bond motifs is 1. The number of nitrogens with zero attached hydrogens (tertiary/aromatic N) is 2. The third-order valence-corrected chi connectivity index (χ3v) is 10.3. The average molecular weight is 461 g/mol. The molecule has 1 aromatic carbocycles. The highest BCUT2D eigenvalue weighted by Gasteiger charge is 2.61. The van der Waals surface area contributed by atoms with E-state index < -0.39 is 26.5 Å². The van der Waals surface area contributed by atoms with Crippen LogP contribution in [-0.4, -0.2) is 78.7 Å². The Balaban J connectivity index is 1.31. The van der Waals surface area contributed by atoms with E-state index >= 15 is 0 Å². The number of benzene rings is 1. The van der Waals surface area contributed by atoms with Crippen molar-refractivity contribution < 1.29 is 22.8 Å². The molecule has 4 aliphatic heterocycles. The number of carbonyl (C=O) groups excluding carboxylic acids is 3. The maximum absolute atomic E-state index is 13.1. The van der Waals surface area contributed by atoms with Crippen LogP contribution in [0.2, 0.25) is 0 Å². The van der Waals surface area contributed by atoms with Crippen LogP contribution in [0, 0.1) is 0 Å². The van der Waals surface area contributed by atoms with Gasteiger partial charge in [-0.05, 0) is 56.6 Å². The van der Waals surface area contributed by atoms with Crippen LogP contribution in [-0.2, 0) is 32.5 Å². The molecule has 3 amide bonds. The van der Waals surface area contributed by atoms with Gasteiger partial charge in [0.25, 0.3) is 5.91 Å². The zero-order chi connectivity index (χ0) is 22.7. The molecule has 0 aliphatic carbocycles. The van der Waals surface area contributed by atoms with Gasteiger partial charge in [0, 0.05) is 31.1 Å². The van der Waals surface area contributed by atoms with Crippen molar-refractivity contribution in [3.05, 3.63) is 34.9 Å².